The Hall–Kier alpha value is -1.34. The summed E-state index contributed by atoms with van der Waals surface area (Å²) in [5.41, 5.74) is 0. The van der Waals surface area contributed by atoms with Crippen LogP contribution in [0.4, 0.5) is 4.79 Å². The minimum atomic E-state index is -1.07. The van der Waals surface area contributed by atoms with Crippen LogP contribution in [0.5, 0.6) is 0 Å². The first-order chi connectivity index (χ1) is 8.93. The van der Waals surface area contributed by atoms with Gasteiger partial charge in [0.05, 0.1) is 6.10 Å². The molecule has 1 saturated carbocycles. The zero-order valence-corrected chi connectivity index (χ0v) is 11.3. The minimum absolute atomic E-state index is 0.230. The molecule has 0 aromatic rings. The molecule has 1 atom stereocenters. The summed E-state index contributed by atoms with van der Waals surface area (Å²) in [5, 5.41) is 20.6. The molecule has 0 aromatic heterocycles. The van der Waals surface area contributed by atoms with Crippen molar-refractivity contribution in [2.75, 3.05) is 27.3 Å². The average Bonchev–Trinajstić information content (AvgIpc) is 2.31. The fourth-order valence-electron chi connectivity index (χ4n) is 2.07. The molecule has 1 unspecified atom stereocenters. The molecule has 0 aromatic carbocycles. The zero-order valence-electron chi connectivity index (χ0n) is 11.3. The molecule has 0 heterocycles. The first kappa shape index (κ1) is 15.7. The second kappa shape index (κ2) is 7.30. The van der Waals surface area contributed by atoms with Crippen LogP contribution in [-0.4, -0.2) is 66.6 Å². The number of carboxylic acids is 1. The summed E-state index contributed by atoms with van der Waals surface area (Å²) in [6.07, 6.45) is 1.37. The molecule has 0 saturated heterocycles. The lowest BCUT2D eigenvalue weighted by Gasteiger charge is -2.34. The topological polar surface area (TPSA) is 99.1 Å². The zero-order chi connectivity index (χ0) is 14.4. The van der Waals surface area contributed by atoms with Crippen LogP contribution < -0.4 is 5.32 Å². The molecule has 110 valence electrons. The normalized spacial score (nSPS) is 23.3. The van der Waals surface area contributed by atoms with E-state index in [-0.39, 0.29) is 19.1 Å². The molecule has 0 aliphatic heterocycles. The van der Waals surface area contributed by atoms with Gasteiger partial charge in [-0.25, -0.2) is 9.59 Å². The number of aliphatic hydroxyl groups excluding tert-OH is 1. The summed E-state index contributed by atoms with van der Waals surface area (Å²) in [6.45, 7) is 0.801. The highest BCUT2D eigenvalue weighted by atomic mass is 16.5. The fraction of sp³-hybridized carbons (Fsp3) is 0.833. The lowest BCUT2D eigenvalue weighted by Crippen LogP contribution is -2.49. The number of methoxy groups -OCH3 is 1. The van der Waals surface area contributed by atoms with Crippen molar-refractivity contribution in [1.82, 2.24) is 10.2 Å². The molecule has 7 heteroatoms. The molecule has 19 heavy (non-hydrogen) atoms. The Morgan fingerprint density at radius 2 is 2.11 bits per heavy atom. The number of carboxylic acid groups (broad SMARTS) is 1. The summed E-state index contributed by atoms with van der Waals surface area (Å²) in [7, 11) is 3.10. The molecule has 7 nitrogen and oxygen atoms in total. The van der Waals surface area contributed by atoms with E-state index in [1.807, 2.05) is 0 Å². The quantitative estimate of drug-likeness (QED) is 0.601. The maximum atomic E-state index is 11.8. The molecule has 1 aliphatic rings. The highest BCUT2D eigenvalue weighted by molar-refractivity contribution is 5.82. The van der Waals surface area contributed by atoms with Gasteiger partial charge in [-0.1, -0.05) is 0 Å². The SMILES string of the molecule is COCCC(NC(=O)N(C)CC1CC(O)C1)C(=O)O. The van der Waals surface area contributed by atoms with Crippen LogP contribution in [0.25, 0.3) is 0 Å². The first-order valence-electron chi connectivity index (χ1n) is 6.35. The maximum Gasteiger partial charge on any atom is 0.326 e. The van der Waals surface area contributed by atoms with E-state index in [9.17, 15) is 14.7 Å². The summed E-state index contributed by atoms with van der Waals surface area (Å²) < 4.78 is 4.81. The van der Waals surface area contributed by atoms with Gasteiger partial charge in [-0.15, -0.1) is 0 Å². The van der Waals surface area contributed by atoms with Crippen LogP contribution in [0.2, 0.25) is 0 Å². The minimum Gasteiger partial charge on any atom is -0.480 e. The van der Waals surface area contributed by atoms with Crippen LogP contribution in [0.1, 0.15) is 19.3 Å². The number of aliphatic hydroxyl groups is 1. The van der Waals surface area contributed by atoms with Crippen LogP contribution in [0.3, 0.4) is 0 Å². The lowest BCUT2D eigenvalue weighted by molar-refractivity contribution is -0.139. The van der Waals surface area contributed by atoms with Gasteiger partial charge in [0.1, 0.15) is 6.04 Å². The second-order valence-corrected chi connectivity index (χ2v) is 4.99. The highest BCUT2D eigenvalue weighted by Gasteiger charge is 2.30. The molecular formula is C12H22N2O5. The number of ether oxygens (including phenoxy) is 1. The monoisotopic (exact) mass is 274 g/mol. The van der Waals surface area contributed by atoms with Crippen molar-refractivity contribution in [3.05, 3.63) is 0 Å². The third-order valence-electron chi connectivity index (χ3n) is 3.30. The Kier molecular flexibility index (Phi) is 6.04. The number of hydrogen-bond donors (Lipinski definition) is 3. The fourth-order valence-corrected chi connectivity index (χ4v) is 2.07. The van der Waals surface area contributed by atoms with Gasteiger partial charge < -0.3 is 25.2 Å². The van der Waals surface area contributed by atoms with Gasteiger partial charge in [0.15, 0.2) is 0 Å². The van der Waals surface area contributed by atoms with Gasteiger partial charge in [0.25, 0.3) is 0 Å². The standard InChI is InChI=1S/C12H22N2O5/c1-14(7-8-5-9(15)6-8)12(18)13-10(11(16)17)3-4-19-2/h8-10,15H,3-7H2,1-2H3,(H,13,18)(H,16,17). The van der Waals surface area contributed by atoms with Gasteiger partial charge >= 0.3 is 12.0 Å². The molecule has 0 radical (unpaired) electrons. The third-order valence-corrected chi connectivity index (χ3v) is 3.30. The van der Waals surface area contributed by atoms with Gasteiger partial charge in [0, 0.05) is 33.7 Å². The van der Waals surface area contributed by atoms with Crippen LogP contribution >= 0.6 is 0 Å². The largest absolute Gasteiger partial charge is 0.480 e. The van der Waals surface area contributed by atoms with Crippen molar-refractivity contribution < 1.29 is 24.5 Å². The molecule has 0 bridgehead atoms. The summed E-state index contributed by atoms with van der Waals surface area (Å²) >= 11 is 0. The van der Waals surface area contributed by atoms with Gasteiger partial charge in [-0.2, -0.15) is 0 Å². The number of carbonyl (C=O) groups is 2. The van der Waals surface area contributed by atoms with E-state index >= 15 is 0 Å². The number of nitrogens with one attached hydrogen (secondary N) is 1. The number of hydrogen-bond acceptors (Lipinski definition) is 4. The maximum absolute atomic E-state index is 11.8. The number of urea groups is 1. The van der Waals surface area contributed by atoms with Crippen molar-refractivity contribution >= 4 is 12.0 Å². The number of amides is 2. The Morgan fingerprint density at radius 3 is 2.58 bits per heavy atom. The van der Waals surface area contributed by atoms with E-state index in [4.69, 9.17) is 9.84 Å². The van der Waals surface area contributed by atoms with Crippen molar-refractivity contribution in [3.63, 3.8) is 0 Å². The van der Waals surface area contributed by atoms with E-state index in [0.29, 0.717) is 25.3 Å². The number of aliphatic carboxylic acids is 1. The van der Waals surface area contributed by atoms with Gasteiger partial charge in [0.2, 0.25) is 0 Å². The highest BCUT2D eigenvalue weighted by Crippen LogP contribution is 2.27. The number of carbonyl (C=O) groups excluding carboxylic acids is 1. The van der Waals surface area contributed by atoms with Crippen LogP contribution in [0, 0.1) is 5.92 Å². The second-order valence-electron chi connectivity index (χ2n) is 4.99. The Balaban J connectivity index is 2.35. The van der Waals surface area contributed by atoms with Crippen LogP contribution in [0.15, 0.2) is 0 Å². The van der Waals surface area contributed by atoms with E-state index in [0.717, 1.165) is 0 Å². The molecular weight excluding hydrogens is 252 g/mol. The summed E-state index contributed by atoms with van der Waals surface area (Å²) in [5.74, 6) is -0.772. The molecule has 1 aliphatic carbocycles. The Labute approximate surface area is 112 Å². The number of rotatable bonds is 7. The van der Waals surface area contributed by atoms with E-state index in [2.05, 4.69) is 5.32 Å². The van der Waals surface area contributed by atoms with Crippen LogP contribution in [-0.2, 0) is 9.53 Å². The molecule has 0 spiro atoms. The summed E-state index contributed by atoms with van der Waals surface area (Å²) in [6, 6.07) is -1.35. The summed E-state index contributed by atoms with van der Waals surface area (Å²) in [4.78, 5) is 24.3. The third kappa shape index (κ3) is 5.04. The predicted molar refractivity (Wildman–Crippen MR) is 67.8 cm³/mol. The van der Waals surface area contributed by atoms with Crippen molar-refractivity contribution in [2.45, 2.75) is 31.4 Å². The van der Waals surface area contributed by atoms with Crippen molar-refractivity contribution in [2.24, 2.45) is 5.92 Å². The molecule has 3 N–H and O–H groups in total. The van der Waals surface area contributed by atoms with Gasteiger partial charge in [-0.05, 0) is 18.8 Å². The van der Waals surface area contributed by atoms with E-state index in [1.165, 1.54) is 12.0 Å². The predicted octanol–water partition coefficient (Wildman–Crippen LogP) is -0.112. The van der Waals surface area contributed by atoms with Crippen molar-refractivity contribution in [3.8, 4) is 0 Å². The smallest absolute Gasteiger partial charge is 0.326 e. The Morgan fingerprint density at radius 1 is 1.47 bits per heavy atom. The average molecular weight is 274 g/mol. The van der Waals surface area contributed by atoms with E-state index in [1.54, 1.807) is 7.05 Å². The Bertz CT molecular complexity index is 317. The first-order valence-corrected chi connectivity index (χ1v) is 6.35. The number of nitrogens with zero attached hydrogens (tertiary/aromatic N) is 1. The van der Waals surface area contributed by atoms with Gasteiger partial charge in [-0.3, -0.25) is 0 Å². The van der Waals surface area contributed by atoms with E-state index < -0.39 is 18.0 Å². The molecule has 1 fully saturated rings. The molecule has 2 amide bonds. The van der Waals surface area contributed by atoms with Crippen molar-refractivity contribution in [1.29, 1.82) is 0 Å². The lowest BCUT2D eigenvalue weighted by atomic mass is 9.82. The molecule has 1 rings (SSSR count).